The maximum atomic E-state index is 12.4. The number of hydrogen-bond donors (Lipinski definition) is 1. The van der Waals surface area contributed by atoms with Gasteiger partial charge in [-0.15, -0.1) is 0 Å². The molecular formula is C21H24N4O2. The van der Waals surface area contributed by atoms with E-state index >= 15 is 0 Å². The Bertz CT molecular complexity index is 931. The van der Waals surface area contributed by atoms with Crippen molar-refractivity contribution in [3.63, 3.8) is 0 Å². The van der Waals surface area contributed by atoms with E-state index in [2.05, 4.69) is 27.4 Å². The van der Waals surface area contributed by atoms with Crippen LogP contribution in [0.15, 0.2) is 48.9 Å². The summed E-state index contributed by atoms with van der Waals surface area (Å²) in [5.41, 5.74) is 2.26. The van der Waals surface area contributed by atoms with Crippen LogP contribution in [-0.4, -0.2) is 39.7 Å². The molecule has 1 aliphatic heterocycles. The first-order valence-electron chi connectivity index (χ1n) is 9.38. The van der Waals surface area contributed by atoms with E-state index in [1.807, 2.05) is 42.1 Å². The number of imidazole rings is 1. The van der Waals surface area contributed by atoms with Gasteiger partial charge < -0.3 is 14.6 Å². The second-order valence-corrected chi connectivity index (χ2v) is 7.08. The molecule has 4 rings (SSSR count). The molecule has 6 heteroatoms. The highest BCUT2D eigenvalue weighted by atomic mass is 16.5. The number of amides is 1. The van der Waals surface area contributed by atoms with E-state index < -0.39 is 0 Å². The van der Waals surface area contributed by atoms with Crippen molar-refractivity contribution >= 4 is 16.8 Å². The predicted molar refractivity (Wildman–Crippen MR) is 103 cm³/mol. The molecule has 1 aromatic carbocycles. The van der Waals surface area contributed by atoms with Crippen LogP contribution in [0.4, 0.5) is 0 Å². The summed E-state index contributed by atoms with van der Waals surface area (Å²) in [6, 6.07) is 10.3. The number of rotatable bonds is 6. The molecule has 2 aromatic heterocycles. The Kier molecular flexibility index (Phi) is 5.16. The Balaban J connectivity index is 1.38. The standard InChI is InChI=1S/C21H24N4O2/c1-15-22-9-11-25(15)10-7-21(26)24-20-14-27-13-17(20)12-16-6-8-23-19-5-3-2-4-18(16)19/h2-6,8-9,11,17,20H,7,10,12-14H2,1H3,(H,24,26)/t17-,20+/m1/s1. The zero-order valence-electron chi connectivity index (χ0n) is 15.5. The molecule has 2 atom stereocenters. The third-order valence-electron chi connectivity index (χ3n) is 5.27. The number of nitrogens with zero attached hydrogens (tertiary/aromatic N) is 3. The van der Waals surface area contributed by atoms with E-state index in [1.54, 1.807) is 6.20 Å². The number of carbonyl (C=O) groups excluding carboxylic acids is 1. The summed E-state index contributed by atoms with van der Waals surface area (Å²) in [6.45, 7) is 3.83. The smallest absolute Gasteiger partial charge is 0.222 e. The maximum absolute atomic E-state index is 12.4. The van der Waals surface area contributed by atoms with E-state index in [0.717, 1.165) is 17.8 Å². The van der Waals surface area contributed by atoms with Gasteiger partial charge in [-0.25, -0.2) is 4.98 Å². The van der Waals surface area contributed by atoms with Gasteiger partial charge >= 0.3 is 0 Å². The normalized spacial score (nSPS) is 19.4. The SMILES string of the molecule is Cc1nccn1CCC(=O)N[C@H]1COC[C@H]1Cc1ccnc2ccccc12. The molecule has 1 amide bonds. The lowest BCUT2D eigenvalue weighted by Crippen LogP contribution is -2.40. The van der Waals surface area contributed by atoms with Crippen LogP contribution in [0.25, 0.3) is 10.9 Å². The number of ether oxygens (including phenoxy) is 1. The fraction of sp³-hybridized carbons (Fsp3) is 0.381. The molecule has 1 fully saturated rings. The van der Waals surface area contributed by atoms with Gasteiger partial charge in [0.2, 0.25) is 5.91 Å². The Morgan fingerprint density at radius 1 is 1.22 bits per heavy atom. The molecule has 1 aliphatic rings. The molecule has 1 N–H and O–H groups in total. The van der Waals surface area contributed by atoms with Gasteiger partial charge in [0.25, 0.3) is 0 Å². The summed E-state index contributed by atoms with van der Waals surface area (Å²) >= 11 is 0. The first kappa shape index (κ1) is 17.7. The van der Waals surface area contributed by atoms with Crippen LogP contribution >= 0.6 is 0 Å². The molecule has 3 aromatic rings. The summed E-state index contributed by atoms with van der Waals surface area (Å²) < 4.78 is 7.67. The van der Waals surface area contributed by atoms with Crippen molar-refractivity contribution in [2.75, 3.05) is 13.2 Å². The second kappa shape index (κ2) is 7.88. The first-order chi connectivity index (χ1) is 13.2. The van der Waals surface area contributed by atoms with Crippen LogP contribution in [0, 0.1) is 12.8 Å². The summed E-state index contributed by atoms with van der Waals surface area (Å²) in [7, 11) is 0. The highest BCUT2D eigenvalue weighted by Crippen LogP contribution is 2.24. The molecule has 0 saturated carbocycles. The van der Waals surface area contributed by atoms with Gasteiger partial charge in [-0.3, -0.25) is 9.78 Å². The predicted octanol–water partition coefficient (Wildman–Crippen LogP) is 2.50. The van der Waals surface area contributed by atoms with Crippen LogP contribution in [0.1, 0.15) is 17.8 Å². The van der Waals surface area contributed by atoms with Gasteiger partial charge in [0.15, 0.2) is 0 Å². The van der Waals surface area contributed by atoms with Crippen molar-refractivity contribution < 1.29 is 9.53 Å². The second-order valence-electron chi connectivity index (χ2n) is 7.08. The number of aryl methyl sites for hydroxylation is 2. The quantitative estimate of drug-likeness (QED) is 0.730. The van der Waals surface area contributed by atoms with Crippen molar-refractivity contribution in [2.45, 2.75) is 32.4 Å². The van der Waals surface area contributed by atoms with Gasteiger partial charge in [0.1, 0.15) is 5.82 Å². The molecule has 0 unspecified atom stereocenters. The summed E-state index contributed by atoms with van der Waals surface area (Å²) in [4.78, 5) is 21.0. The van der Waals surface area contributed by atoms with Gasteiger partial charge in [0, 0.05) is 42.9 Å². The number of nitrogens with one attached hydrogen (secondary N) is 1. The molecule has 1 saturated heterocycles. The minimum absolute atomic E-state index is 0.0494. The van der Waals surface area contributed by atoms with Crippen LogP contribution in [0.3, 0.4) is 0 Å². The average molecular weight is 364 g/mol. The third kappa shape index (κ3) is 4.01. The van der Waals surface area contributed by atoms with Crippen LogP contribution in [-0.2, 0) is 22.5 Å². The Morgan fingerprint density at radius 2 is 2.11 bits per heavy atom. The number of pyridine rings is 1. The first-order valence-corrected chi connectivity index (χ1v) is 9.38. The molecule has 140 valence electrons. The number of carbonyl (C=O) groups is 1. The van der Waals surface area contributed by atoms with E-state index in [-0.39, 0.29) is 17.9 Å². The molecule has 0 spiro atoms. The Morgan fingerprint density at radius 3 is 2.96 bits per heavy atom. The number of aromatic nitrogens is 3. The van der Waals surface area contributed by atoms with Crippen molar-refractivity contribution in [2.24, 2.45) is 5.92 Å². The summed E-state index contributed by atoms with van der Waals surface area (Å²) in [5.74, 6) is 1.26. The number of fused-ring (bicyclic) bond motifs is 1. The van der Waals surface area contributed by atoms with Crippen molar-refractivity contribution in [1.29, 1.82) is 0 Å². The van der Waals surface area contributed by atoms with E-state index in [9.17, 15) is 4.79 Å². The van der Waals surface area contributed by atoms with E-state index in [4.69, 9.17) is 4.74 Å². The maximum Gasteiger partial charge on any atom is 0.222 e. The molecule has 6 nitrogen and oxygen atoms in total. The zero-order valence-corrected chi connectivity index (χ0v) is 15.5. The van der Waals surface area contributed by atoms with Crippen LogP contribution < -0.4 is 5.32 Å². The fourth-order valence-electron chi connectivity index (χ4n) is 3.72. The topological polar surface area (TPSA) is 69.0 Å². The van der Waals surface area contributed by atoms with Crippen molar-refractivity contribution in [1.82, 2.24) is 19.9 Å². The molecule has 27 heavy (non-hydrogen) atoms. The molecule has 0 bridgehead atoms. The summed E-state index contributed by atoms with van der Waals surface area (Å²) in [6.07, 6.45) is 6.83. The molecule has 0 aliphatic carbocycles. The fourth-order valence-corrected chi connectivity index (χ4v) is 3.72. The van der Waals surface area contributed by atoms with Gasteiger partial charge in [0.05, 0.1) is 24.8 Å². The minimum atomic E-state index is 0.0494. The number of para-hydroxylation sites is 1. The highest BCUT2D eigenvalue weighted by Gasteiger charge is 2.30. The highest BCUT2D eigenvalue weighted by molar-refractivity contribution is 5.82. The van der Waals surface area contributed by atoms with Crippen molar-refractivity contribution in [3.05, 3.63) is 60.3 Å². The monoisotopic (exact) mass is 364 g/mol. The average Bonchev–Trinajstić information content (AvgIpc) is 3.29. The lowest BCUT2D eigenvalue weighted by atomic mass is 9.93. The van der Waals surface area contributed by atoms with E-state index in [0.29, 0.717) is 26.2 Å². The largest absolute Gasteiger partial charge is 0.379 e. The van der Waals surface area contributed by atoms with E-state index in [1.165, 1.54) is 10.9 Å². The summed E-state index contributed by atoms with van der Waals surface area (Å²) in [5, 5.41) is 4.34. The molecule has 3 heterocycles. The lowest BCUT2D eigenvalue weighted by Gasteiger charge is -2.20. The minimum Gasteiger partial charge on any atom is -0.379 e. The van der Waals surface area contributed by atoms with Gasteiger partial charge in [-0.2, -0.15) is 0 Å². The van der Waals surface area contributed by atoms with Gasteiger partial charge in [-0.1, -0.05) is 18.2 Å². The lowest BCUT2D eigenvalue weighted by molar-refractivity contribution is -0.122. The number of hydrogen-bond acceptors (Lipinski definition) is 4. The van der Waals surface area contributed by atoms with Crippen LogP contribution in [0.2, 0.25) is 0 Å². The van der Waals surface area contributed by atoms with Gasteiger partial charge in [-0.05, 0) is 31.0 Å². The number of benzene rings is 1. The zero-order chi connectivity index (χ0) is 18.6. The van der Waals surface area contributed by atoms with Crippen molar-refractivity contribution in [3.8, 4) is 0 Å². The molecular weight excluding hydrogens is 340 g/mol. The van der Waals surface area contributed by atoms with Crippen LogP contribution in [0.5, 0.6) is 0 Å². The third-order valence-corrected chi connectivity index (χ3v) is 5.27. The Labute approximate surface area is 158 Å². The molecule has 0 radical (unpaired) electrons. The Hall–Kier alpha value is -2.73.